The van der Waals surface area contributed by atoms with Crippen molar-refractivity contribution < 1.29 is 24.9 Å². The van der Waals surface area contributed by atoms with Gasteiger partial charge in [-0.1, -0.05) is 19.4 Å². The van der Waals surface area contributed by atoms with Gasteiger partial charge in [-0.05, 0) is 67.8 Å². The van der Waals surface area contributed by atoms with Crippen molar-refractivity contribution in [2.24, 2.45) is 28.6 Å². The average molecular weight is 366 g/mol. The summed E-state index contributed by atoms with van der Waals surface area (Å²) in [5, 5.41) is 31.7. The van der Waals surface area contributed by atoms with Gasteiger partial charge in [0.25, 0.3) is 0 Å². The van der Waals surface area contributed by atoms with E-state index in [-0.39, 0.29) is 29.0 Å². The molecule has 144 valence electrons. The van der Waals surface area contributed by atoms with E-state index in [4.69, 9.17) is 0 Å². The molecule has 3 saturated carbocycles. The number of hydrogen-bond donors (Lipinski definition) is 3. The molecule has 0 radical (unpaired) electrons. The highest BCUT2D eigenvalue weighted by Crippen LogP contribution is 2.67. The Kier molecular flexibility index (Phi) is 4.04. The third-order valence-electron chi connectivity index (χ3n) is 8.65. The number of aliphatic hydroxyl groups is 3. The van der Waals surface area contributed by atoms with Crippen LogP contribution in [0.25, 0.3) is 0 Å². The maximum atomic E-state index is 12.4. The second-order valence-corrected chi connectivity index (χ2v) is 9.56. The number of rotatable bonds is 2. The van der Waals surface area contributed by atoms with Gasteiger partial charge >= 0.3 is 0 Å². The number of hydrogen-bond acceptors (Lipinski definition) is 5. The number of Topliss-reactive ketones (excluding diaryl/α,β-unsaturated/α-hetero) is 1. The van der Waals surface area contributed by atoms with E-state index in [1.807, 2.05) is 6.92 Å². The highest BCUT2D eigenvalue weighted by Gasteiger charge is 2.68. The first-order valence-electron chi connectivity index (χ1n) is 9.96. The Bertz CT molecular complexity index is 684. The maximum Gasteiger partial charge on any atom is 0.190 e. The fraction of sp³-hybridized carbons (Fsp3) is 0.810. The summed E-state index contributed by atoms with van der Waals surface area (Å²) in [5.74, 6) is 0.140. The van der Waals surface area contributed by atoms with Crippen molar-refractivity contribution in [3.63, 3.8) is 0 Å². The van der Waals surface area contributed by atoms with E-state index in [1.165, 1.54) is 5.57 Å². The monoisotopic (exact) mass is 366 g/mol. The summed E-state index contributed by atoms with van der Waals surface area (Å²) in [6.45, 7) is 3.46. The van der Waals surface area contributed by atoms with Crippen LogP contribution in [0.4, 0.5) is 0 Å². The number of fused-ring (bicyclic) bond motifs is 5. The Labute approximate surface area is 154 Å². The van der Waals surface area contributed by atoms with Gasteiger partial charge in [-0.15, -0.1) is 0 Å². The van der Waals surface area contributed by atoms with Crippen LogP contribution in [0.15, 0.2) is 11.6 Å². The number of aliphatic hydroxyl groups excluding tert-OH is 2. The van der Waals surface area contributed by atoms with Crippen molar-refractivity contribution in [3.8, 4) is 0 Å². The molecule has 4 aliphatic rings. The third-order valence-corrected chi connectivity index (χ3v) is 8.65. The lowest BCUT2D eigenvalue weighted by Crippen LogP contribution is -2.62. The van der Waals surface area contributed by atoms with E-state index in [0.717, 1.165) is 25.7 Å². The SMILES string of the molecule is C[C@]12[13CH2][13CH2]C(=O)[13CH]=C1CC[C@H]1[C@@H]3CC[C@](O)(C(=O)CO)[C@@]3(C)C[C@H](O)[13C@@H]12. The van der Waals surface area contributed by atoms with Crippen LogP contribution in [-0.4, -0.2) is 45.2 Å². The van der Waals surface area contributed by atoms with Crippen molar-refractivity contribution in [2.45, 2.75) is 70.5 Å². The number of ketones is 2. The first kappa shape index (κ1) is 18.3. The minimum Gasteiger partial charge on any atom is -0.393 e. The first-order chi connectivity index (χ1) is 12.2. The van der Waals surface area contributed by atoms with Crippen LogP contribution in [0.5, 0.6) is 0 Å². The summed E-state index contributed by atoms with van der Waals surface area (Å²) in [6, 6.07) is 0. The molecule has 3 fully saturated rings. The topological polar surface area (TPSA) is 94.8 Å². The molecule has 0 saturated heterocycles. The van der Waals surface area contributed by atoms with Crippen LogP contribution < -0.4 is 0 Å². The first-order valence-corrected chi connectivity index (χ1v) is 9.96. The summed E-state index contributed by atoms with van der Waals surface area (Å²) in [7, 11) is 0. The second-order valence-electron chi connectivity index (χ2n) is 9.56. The molecule has 4 rings (SSSR count). The molecule has 0 aromatic rings. The lowest BCUT2D eigenvalue weighted by Gasteiger charge is -2.60. The predicted octanol–water partition coefficient (Wildman–Crippen LogP) is 1.78. The molecule has 0 bridgehead atoms. The van der Waals surface area contributed by atoms with Crippen LogP contribution in [-0.2, 0) is 9.59 Å². The van der Waals surface area contributed by atoms with Crippen LogP contribution in [0.1, 0.15) is 58.8 Å². The molecule has 0 aromatic carbocycles. The molecule has 3 N–H and O–H groups in total. The van der Waals surface area contributed by atoms with Crippen molar-refractivity contribution in [1.82, 2.24) is 0 Å². The van der Waals surface area contributed by atoms with Crippen LogP contribution in [0, 0.1) is 28.6 Å². The van der Waals surface area contributed by atoms with Gasteiger partial charge in [0.1, 0.15) is 12.2 Å². The molecule has 26 heavy (non-hydrogen) atoms. The normalized spacial score (nSPS) is 50.5. The molecule has 0 aromatic heterocycles. The zero-order valence-electron chi connectivity index (χ0n) is 15.7. The molecule has 0 amide bonds. The summed E-state index contributed by atoms with van der Waals surface area (Å²) >= 11 is 0. The van der Waals surface area contributed by atoms with Crippen molar-refractivity contribution in [3.05, 3.63) is 11.6 Å². The van der Waals surface area contributed by atoms with E-state index < -0.39 is 29.5 Å². The van der Waals surface area contributed by atoms with Gasteiger partial charge in [-0.3, -0.25) is 9.59 Å². The van der Waals surface area contributed by atoms with Crippen molar-refractivity contribution in [2.75, 3.05) is 6.61 Å². The Balaban J connectivity index is 1.74. The summed E-state index contributed by atoms with van der Waals surface area (Å²) < 4.78 is 0. The Hall–Kier alpha value is -1.04. The molecule has 0 heterocycles. The minimum atomic E-state index is -1.54. The summed E-state index contributed by atoms with van der Waals surface area (Å²) in [4.78, 5) is 24.3. The van der Waals surface area contributed by atoms with Gasteiger partial charge in [0.05, 0.1) is 6.10 Å². The van der Waals surface area contributed by atoms with Gasteiger partial charge in [0, 0.05) is 11.8 Å². The smallest absolute Gasteiger partial charge is 0.190 e. The number of carbonyl (C=O) groups is 2. The fourth-order valence-corrected chi connectivity index (χ4v) is 7.28. The summed E-state index contributed by atoms with van der Waals surface area (Å²) in [5.41, 5.74) is -1.23. The van der Waals surface area contributed by atoms with E-state index in [2.05, 4.69) is 6.92 Å². The van der Waals surface area contributed by atoms with Gasteiger partial charge in [-0.25, -0.2) is 0 Å². The fourth-order valence-electron chi connectivity index (χ4n) is 7.28. The molecule has 0 spiro atoms. The molecular formula is C21H30O5. The molecular weight excluding hydrogens is 336 g/mol. The van der Waals surface area contributed by atoms with E-state index in [1.54, 1.807) is 6.08 Å². The molecule has 0 unspecified atom stereocenters. The lowest BCUT2D eigenvalue weighted by molar-refractivity contribution is -0.182. The van der Waals surface area contributed by atoms with Crippen molar-refractivity contribution >= 4 is 11.6 Å². The second kappa shape index (κ2) is 5.73. The number of carbonyl (C=O) groups excluding carboxylic acids is 2. The van der Waals surface area contributed by atoms with Crippen molar-refractivity contribution in [1.29, 1.82) is 0 Å². The highest BCUT2D eigenvalue weighted by molar-refractivity contribution is 5.91. The number of allylic oxidation sites excluding steroid dienone is 1. The lowest BCUT2D eigenvalue weighted by atomic mass is 9.56. The third kappa shape index (κ3) is 2.14. The average Bonchev–Trinajstić information content (AvgIpc) is 2.86. The zero-order chi connectivity index (χ0) is 18.9. The standard InChI is InChI=1S/C21H30O5/c1-19-7-5-13(23)9-12(19)3-4-14-15-6-8-21(26,17(25)11-22)20(15,2)10-16(24)18(14)19/h9,14-16,18,22,24,26H,3-8,10-11H2,1-2H3/t14-,15-,16-,18+,19-,20-,21-/m0/s1/i5+1,7+1,9+1,18+1. The van der Waals surface area contributed by atoms with Gasteiger partial charge in [0.15, 0.2) is 11.6 Å². The predicted molar refractivity (Wildman–Crippen MR) is 95.1 cm³/mol. The van der Waals surface area contributed by atoms with Gasteiger partial charge < -0.3 is 15.3 Å². The van der Waals surface area contributed by atoms with E-state index in [9.17, 15) is 24.9 Å². The molecule has 5 nitrogen and oxygen atoms in total. The van der Waals surface area contributed by atoms with Gasteiger partial charge in [-0.2, -0.15) is 0 Å². The molecule has 5 heteroatoms. The Morgan fingerprint density at radius 1 is 1.23 bits per heavy atom. The summed E-state index contributed by atoms with van der Waals surface area (Å²) in [6.07, 6.45) is 5.74. The molecule has 0 aliphatic heterocycles. The Morgan fingerprint density at radius 2 is 1.96 bits per heavy atom. The maximum absolute atomic E-state index is 12.4. The highest BCUT2D eigenvalue weighted by atomic mass is 16.3. The van der Waals surface area contributed by atoms with E-state index in [0.29, 0.717) is 19.3 Å². The zero-order valence-corrected chi connectivity index (χ0v) is 15.7. The molecule has 4 aliphatic carbocycles. The van der Waals surface area contributed by atoms with Crippen LogP contribution in [0.2, 0.25) is 0 Å². The van der Waals surface area contributed by atoms with Gasteiger partial charge in [0.2, 0.25) is 0 Å². The quantitative estimate of drug-likeness (QED) is 0.648. The molecule has 7 atom stereocenters. The largest absolute Gasteiger partial charge is 0.393 e. The minimum absolute atomic E-state index is 0.0697. The van der Waals surface area contributed by atoms with Crippen LogP contribution in [0.3, 0.4) is 0 Å². The van der Waals surface area contributed by atoms with E-state index >= 15 is 0 Å². The Morgan fingerprint density at radius 3 is 2.65 bits per heavy atom. The van der Waals surface area contributed by atoms with Crippen LogP contribution >= 0.6 is 0 Å².